The molecule has 134 valence electrons. The van der Waals surface area contributed by atoms with Gasteiger partial charge in [0.2, 0.25) is 11.9 Å². The van der Waals surface area contributed by atoms with Crippen LogP contribution in [0.15, 0.2) is 56.9 Å². The van der Waals surface area contributed by atoms with Gasteiger partial charge in [-0.3, -0.25) is 0 Å². The van der Waals surface area contributed by atoms with E-state index in [0.717, 1.165) is 11.1 Å². The first-order valence-electron chi connectivity index (χ1n) is 8.18. The number of fused-ring (bicyclic) bond motifs is 1. The molecule has 7 heteroatoms. The van der Waals surface area contributed by atoms with E-state index in [1.54, 1.807) is 12.1 Å². The van der Waals surface area contributed by atoms with Crippen molar-refractivity contribution in [1.29, 1.82) is 0 Å². The summed E-state index contributed by atoms with van der Waals surface area (Å²) >= 11 is 0. The first kappa shape index (κ1) is 17.5. The molecule has 0 spiro atoms. The molecule has 0 radical (unpaired) electrons. The first-order valence-corrected chi connectivity index (χ1v) is 8.18. The second-order valence-electron chi connectivity index (χ2n) is 7.01. The fourth-order valence-electron chi connectivity index (χ4n) is 2.51. The number of hydrogen-bond donors (Lipinski definition) is 3. The molecular weight excluding hydrogens is 328 g/mol. The van der Waals surface area contributed by atoms with Crippen LogP contribution in [0.2, 0.25) is 0 Å². The molecule has 1 aromatic heterocycles. The first-order chi connectivity index (χ1) is 12.2. The Kier molecular flexibility index (Phi) is 4.38. The van der Waals surface area contributed by atoms with E-state index in [9.17, 15) is 0 Å². The Morgan fingerprint density at radius 2 is 1.69 bits per heavy atom. The molecule has 0 atom stereocenters. The van der Waals surface area contributed by atoms with E-state index in [4.69, 9.17) is 21.6 Å². The van der Waals surface area contributed by atoms with E-state index >= 15 is 0 Å². The Morgan fingerprint density at radius 3 is 2.31 bits per heavy atom. The lowest BCUT2D eigenvalue weighted by molar-refractivity contribution is 0.589. The predicted octanol–water partition coefficient (Wildman–Crippen LogP) is 3.01. The van der Waals surface area contributed by atoms with Crippen LogP contribution in [0, 0.1) is 0 Å². The zero-order valence-corrected chi connectivity index (χ0v) is 15.0. The topological polar surface area (TPSA) is 129 Å². The molecule has 0 unspecified atom stereocenters. The summed E-state index contributed by atoms with van der Waals surface area (Å²) in [6.07, 6.45) is 0. The average Bonchev–Trinajstić information content (AvgIpc) is 2.96. The van der Waals surface area contributed by atoms with E-state index in [1.165, 1.54) is 5.56 Å². The largest absolute Gasteiger partial charge is 0.436 e. The van der Waals surface area contributed by atoms with Crippen LogP contribution in [0.3, 0.4) is 0 Å². The molecule has 0 aliphatic rings. The second kappa shape index (κ2) is 6.51. The van der Waals surface area contributed by atoms with Crippen molar-refractivity contribution in [2.75, 3.05) is 0 Å². The molecule has 0 aliphatic heterocycles. The molecule has 3 aromatic rings. The molecule has 2 aromatic carbocycles. The highest BCUT2D eigenvalue weighted by molar-refractivity contribution is 5.94. The number of benzene rings is 2. The fraction of sp³-hybridized carbons (Fsp3) is 0.211. The highest BCUT2D eigenvalue weighted by atomic mass is 16.3. The number of aromatic nitrogens is 1. The van der Waals surface area contributed by atoms with Crippen molar-refractivity contribution in [3.05, 3.63) is 48.0 Å². The third-order valence-corrected chi connectivity index (χ3v) is 3.86. The van der Waals surface area contributed by atoms with Crippen LogP contribution in [-0.2, 0) is 5.41 Å². The third kappa shape index (κ3) is 3.83. The van der Waals surface area contributed by atoms with Crippen molar-refractivity contribution in [1.82, 2.24) is 4.98 Å². The van der Waals surface area contributed by atoms with Gasteiger partial charge in [0.25, 0.3) is 0 Å². The SMILES string of the molecule is CC(C)(C)c1ccc(-c2nc3ccc(N=C(N)N=C(N)N)cc3o2)cc1. The Hall–Kier alpha value is -3.35. The minimum absolute atomic E-state index is 0.0261. The zero-order valence-electron chi connectivity index (χ0n) is 15.0. The van der Waals surface area contributed by atoms with Gasteiger partial charge in [0.15, 0.2) is 11.5 Å². The molecule has 0 bridgehead atoms. The van der Waals surface area contributed by atoms with E-state index in [0.29, 0.717) is 17.2 Å². The summed E-state index contributed by atoms with van der Waals surface area (Å²) in [6.45, 7) is 6.53. The minimum atomic E-state index is -0.145. The van der Waals surface area contributed by atoms with Gasteiger partial charge < -0.3 is 21.6 Å². The molecule has 6 N–H and O–H groups in total. The number of aliphatic imine (C=N–C) groups is 2. The zero-order chi connectivity index (χ0) is 18.9. The van der Waals surface area contributed by atoms with Gasteiger partial charge in [-0.15, -0.1) is 0 Å². The van der Waals surface area contributed by atoms with Crippen LogP contribution < -0.4 is 17.2 Å². The second-order valence-corrected chi connectivity index (χ2v) is 7.01. The summed E-state index contributed by atoms with van der Waals surface area (Å²) in [5, 5.41) is 0. The van der Waals surface area contributed by atoms with Crippen molar-refractivity contribution >= 4 is 28.7 Å². The number of nitrogens with two attached hydrogens (primary N) is 3. The summed E-state index contributed by atoms with van der Waals surface area (Å²) in [5.74, 6) is 0.383. The van der Waals surface area contributed by atoms with Crippen LogP contribution in [0.1, 0.15) is 26.3 Å². The Bertz CT molecular complexity index is 989. The predicted molar refractivity (Wildman–Crippen MR) is 105 cm³/mol. The van der Waals surface area contributed by atoms with E-state index in [1.807, 2.05) is 18.2 Å². The monoisotopic (exact) mass is 350 g/mol. The summed E-state index contributed by atoms with van der Waals surface area (Å²) in [4.78, 5) is 12.3. The van der Waals surface area contributed by atoms with Crippen molar-refractivity contribution in [3.8, 4) is 11.5 Å². The summed E-state index contributed by atoms with van der Waals surface area (Å²) in [6, 6.07) is 13.5. The average molecular weight is 350 g/mol. The van der Waals surface area contributed by atoms with Gasteiger partial charge in [-0.25, -0.2) is 9.98 Å². The van der Waals surface area contributed by atoms with Crippen molar-refractivity contribution in [2.45, 2.75) is 26.2 Å². The van der Waals surface area contributed by atoms with Gasteiger partial charge in [-0.1, -0.05) is 32.9 Å². The maximum absolute atomic E-state index is 5.88. The Balaban J connectivity index is 1.93. The molecular formula is C19H22N6O. The standard InChI is InChI=1S/C19H22N6O/c1-19(2,3)12-6-4-11(5-7-12)16-24-14-9-8-13(10-15(14)26-16)23-18(22)25-17(20)21/h4-10H,1-3H3,(H6,20,21,22,23,25). The summed E-state index contributed by atoms with van der Waals surface area (Å²) < 4.78 is 5.88. The summed E-state index contributed by atoms with van der Waals surface area (Å²) in [5.41, 5.74) is 20.4. The van der Waals surface area contributed by atoms with Crippen LogP contribution in [-0.4, -0.2) is 16.9 Å². The van der Waals surface area contributed by atoms with Gasteiger partial charge in [-0.05, 0) is 35.2 Å². The van der Waals surface area contributed by atoms with Crippen molar-refractivity contribution in [2.24, 2.45) is 27.2 Å². The number of rotatable bonds is 2. The smallest absolute Gasteiger partial charge is 0.227 e. The molecule has 7 nitrogen and oxygen atoms in total. The van der Waals surface area contributed by atoms with Gasteiger partial charge >= 0.3 is 0 Å². The molecule has 26 heavy (non-hydrogen) atoms. The molecule has 0 saturated heterocycles. The third-order valence-electron chi connectivity index (χ3n) is 3.86. The highest BCUT2D eigenvalue weighted by Crippen LogP contribution is 2.29. The number of hydrogen-bond acceptors (Lipinski definition) is 3. The number of nitrogens with zero attached hydrogens (tertiary/aromatic N) is 3. The molecule has 0 aliphatic carbocycles. The lowest BCUT2D eigenvalue weighted by atomic mass is 9.87. The van der Waals surface area contributed by atoms with Gasteiger partial charge in [0.1, 0.15) is 5.52 Å². The van der Waals surface area contributed by atoms with Crippen LogP contribution >= 0.6 is 0 Å². The van der Waals surface area contributed by atoms with Crippen molar-refractivity contribution in [3.63, 3.8) is 0 Å². The lowest BCUT2D eigenvalue weighted by Crippen LogP contribution is -2.26. The minimum Gasteiger partial charge on any atom is -0.436 e. The number of guanidine groups is 2. The fourth-order valence-corrected chi connectivity index (χ4v) is 2.51. The molecule has 1 heterocycles. The number of oxazole rings is 1. The van der Waals surface area contributed by atoms with Gasteiger partial charge in [-0.2, -0.15) is 4.99 Å². The quantitative estimate of drug-likeness (QED) is 0.483. The van der Waals surface area contributed by atoms with Crippen molar-refractivity contribution < 1.29 is 4.42 Å². The van der Waals surface area contributed by atoms with E-state index in [2.05, 4.69) is 47.9 Å². The molecule has 3 rings (SSSR count). The lowest BCUT2D eigenvalue weighted by Gasteiger charge is -2.18. The molecule has 0 saturated carbocycles. The normalized spacial score (nSPS) is 12.3. The van der Waals surface area contributed by atoms with Crippen LogP contribution in [0.5, 0.6) is 0 Å². The van der Waals surface area contributed by atoms with Crippen LogP contribution in [0.4, 0.5) is 5.69 Å². The molecule has 0 amide bonds. The van der Waals surface area contributed by atoms with E-state index < -0.39 is 0 Å². The Labute approximate surface area is 151 Å². The van der Waals surface area contributed by atoms with Gasteiger partial charge in [0.05, 0.1) is 5.69 Å². The highest BCUT2D eigenvalue weighted by Gasteiger charge is 2.14. The van der Waals surface area contributed by atoms with Gasteiger partial charge in [0, 0.05) is 11.6 Å². The maximum Gasteiger partial charge on any atom is 0.227 e. The Morgan fingerprint density at radius 1 is 1.00 bits per heavy atom. The van der Waals surface area contributed by atoms with E-state index in [-0.39, 0.29) is 17.3 Å². The summed E-state index contributed by atoms with van der Waals surface area (Å²) in [7, 11) is 0. The maximum atomic E-state index is 5.88. The molecule has 0 fully saturated rings. The van der Waals surface area contributed by atoms with Crippen LogP contribution in [0.25, 0.3) is 22.6 Å².